The monoisotopic (exact) mass is 328 g/mol. The second-order valence-electron chi connectivity index (χ2n) is 5.81. The van der Waals surface area contributed by atoms with Crippen LogP contribution in [-0.4, -0.2) is 50.6 Å². The predicted molar refractivity (Wildman–Crippen MR) is 80.7 cm³/mol. The number of hydrogen-bond donors (Lipinski definition) is 2. The van der Waals surface area contributed by atoms with E-state index in [1.165, 1.54) is 6.26 Å². The van der Waals surface area contributed by atoms with Crippen molar-refractivity contribution in [3.63, 3.8) is 0 Å². The van der Waals surface area contributed by atoms with E-state index >= 15 is 0 Å². The van der Waals surface area contributed by atoms with Gasteiger partial charge in [0, 0.05) is 18.3 Å². The molecule has 0 bridgehead atoms. The number of halogens is 1. The molecule has 0 radical (unpaired) electrons. The fourth-order valence-electron chi connectivity index (χ4n) is 1.99. The number of rotatable bonds is 6. The van der Waals surface area contributed by atoms with Crippen molar-refractivity contribution in [2.75, 3.05) is 18.6 Å². The quantitative estimate of drug-likeness (QED) is 0.728. The summed E-state index contributed by atoms with van der Waals surface area (Å²) < 4.78 is 27.8. The molecule has 1 aliphatic rings. The summed E-state index contributed by atoms with van der Waals surface area (Å²) in [6, 6.07) is 0. The summed E-state index contributed by atoms with van der Waals surface area (Å²) in [6.07, 6.45) is 2.51. The molecule has 0 aliphatic carbocycles. The minimum Gasteiger partial charge on any atom is -0.364 e. The van der Waals surface area contributed by atoms with Gasteiger partial charge in [0.25, 0.3) is 0 Å². The molecular formula is C12H25ClN2O4S. The number of nitrogens with two attached hydrogens (primary N) is 1. The number of hydrogen-bond acceptors (Lipinski definition) is 5. The highest BCUT2D eigenvalue weighted by atomic mass is 35.5. The van der Waals surface area contributed by atoms with Crippen LogP contribution >= 0.6 is 12.4 Å². The zero-order valence-electron chi connectivity index (χ0n) is 12.2. The van der Waals surface area contributed by atoms with Crippen molar-refractivity contribution in [3.8, 4) is 0 Å². The summed E-state index contributed by atoms with van der Waals surface area (Å²) in [5.41, 5.74) is 4.93. The van der Waals surface area contributed by atoms with Gasteiger partial charge in [-0.15, -0.1) is 12.4 Å². The number of ether oxygens (including phenoxy) is 1. The zero-order valence-corrected chi connectivity index (χ0v) is 13.9. The predicted octanol–water partition coefficient (Wildman–Crippen LogP) is 0.244. The van der Waals surface area contributed by atoms with E-state index in [9.17, 15) is 13.2 Å². The van der Waals surface area contributed by atoms with Crippen molar-refractivity contribution in [2.45, 2.75) is 50.9 Å². The SMILES string of the molecule is CC(C)(CCS(C)(=O)=O)NC(=O)[C@@H]1CC[C@H](CN)O1.Cl. The molecule has 20 heavy (non-hydrogen) atoms. The molecule has 0 aromatic heterocycles. The van der Waals surface area contributed by atoms with Crippen molar-refractivity contribution < 1.29 is 17.9 Å². The third-order valence-electron chi connectivity index (χ3n) is 3.22. The molecule has 1 heterocycles. The first-order valence-corrected chi connectivity index (χ1v) is 8.54. The average Bonchev–Trinajstić information content (AvgIpc) is 2.74. The van der Waals surface area contributed by atoms with E-state index < -0.39 is 21.5 Å². The Hall–Kier alpha value is -0.370. The Morgan fingerprint density at radius 1 is 1.40 bits per heavy atom. The number of carbonyl (C=O) groups excluding carboxylic acids is 1. The van der Waals surface area contributed by atoms with Crippen LogP contribution in [0.5, 0.6) is 0 Å². The number of carbonyl (C=O) groups is 1. The van der Waals surface area contributed by atoms with E-state index in [-0.39, 0.29) is 30.2 Å². The molecule has 0 unspecified atom stereocenters. The summed E-state index contributed by atoms with van der Waals surface area (Å²) in [5, 5.41) is 2.85. The summed E-state index contributed by atoms with van der Waals surface area (Å²) in [6.45, 7) is 4.04. The maximum Gasteiger partial charge on any atom is 0.249 e. The van der Waals surface area contributed by atoms with Crippen LogP contribution in [0, 0.1) is 0 Å². The van der Waals surface area contributed by atoms with E-state index in [0.717, 1.165) is 6.42 Å². The number of amides is 1. The van der Waals surface area contributed by atoms with Crippen LogP contribution in [0.15, 0.2) is 0 Å². The zero-order chi connectivity index (χ0) is 14.7. The molecule has 0 aromatic carbocycles. The normalized spacial score (nSPS) is 23.2. The van der Waals surface area contributed by atoms with Crippen LogP contribution in [0.25, 0.3) is 0 Å². The molecule has 1 aliphatic heterocycles. The van der Waals surface area contributed by atoms with Gasteiger partial charge in [-0.05, 0) is 33.1 Å². The van der Waals surface area contributed by atoms with Crippen LogP contribution in [0.3, 0.4) is 0 Å². The van der Waals surface area contributed by atoms with Gasteiger partial charge in [-0.25, -0.2) is 8.42 Å². The van der Waals surface area contributed by atoms with Crippen LogP contribution in [0.1, 0.15) is 33.1 Å². The largest absolute Gasteiger partial charge is 0.364 e. The van der Waals surface area contributed by atoms with Gasteiger partial charge in [-0.2, -0.15) is 0 Å². The molecule has 6 nitrogen and oxygen atoms in total. The van der Waals surface area contributed by atoms with E-state index in [4.69, 9.17) is 10.5 Å². The second-order valence-corrected chi connectivity index (χ2v) is 8.07. The fraction of sp³-hybridized carbons (Fsp3) is 0.917. The Balaban J connectivity index is 0.00000361. The summed E-state index contributed by atoms with van der Waals surface area (Å²) in [7, 11) is -3.02. The first-order valence-electron chi connectivity index (χ1n) is 6.48. The Bertz CT molecular complexity index is 425. The summed E-state index contributed by atoms with van der Waals surface area (Å²) >= 11 is 0. The first-order chi connectivity index (χ1) is 8.63. The lowest BCUT2D eigenvalue weighted by molar-refractivity contribution is -0.133. The Labute approximate surface area is 127 Å². The van der Waals surface area contributed by atoms with Crippen molar-refractivity contribution in [2.24, 2.45) is 5.73 Å². The lowest BCUT2D eigenvalue weighted by Gasteiger charge is -2.27. The van der Waals surface area contributed by atoms with Crippen molar-refractivity contribution in [3.05, 3.63) is 0 Å². The summed E-state index contributed by atoms with van der Waals surface area (Å²) in [4.78, 5) is 12.0. The lowest BCUT2D eigenvalue weighted by atomic mass is 10.0. The standard InChI is InChI=1S/C12H24N2O4S.ClH/c1-12(2,6-7-19(3,16)17)14-11(15)10-5-4-9(8-13)18-10;/h9-10H,4-8,13H2,1-3H3,(H,14,15);1H/t9-,10+;/m1./s1. The topological polar surface area (TPSA) is 98.5 Å². The minimum absolute atomic E-state index is 0. The molecular weight excluding hydrogens is 304 g/mol. The van der Waals surface area contributed by atoms with Crippen molar-refractivity contribution in [1.82, 2.24) is 5.32 Å². The third kappa shape index (κ3) is 6.88. The molecule has 8 heteroatoms. The molecule has 0 saturated carbocycles. The number of sulfone groups is 1. The molecule has 1 fully saturated rings. The van der Waals surface area contributed by atoms with Gasteiger partial charge < -0.3 is 15.8 Å². The van der Waals surface area contributed by atoms with Gasteiger partial charge in [0.1, 0.15) is 15.9 Å². The van der Waals surface area contributed by atoms with Crippen molar-refractivity contribution >= 4 is 28.2 Å². The van der Waals surface area contributed by atoms with Gasteiger partial charge in [-0.3, -0.25) is 4.79 Å². The molecule has 1 amide bonds. The van der Waals surface area contributed by atoms with Gasteiger partial charge in [0.15, 0.2) is 0 Å². The molecule has 0 spiro atoms. The maximum absolute atomic E-state index is 12.0. The lowest BCUT2D eigenvalue weighted by Crippen LogP contribution is -2.48. The Morgan fingerprint density at radius 3 is 2.45 bits per heavy atom. The molecule has 0 aromatic rings. The smallest absolute Gasteiger partial charge is 0.249 e. The fourth-order valence-corrected chi connectivity index (χ4v) is 2.87. The maximum atomic E-state index is 12.0. The van der Waals surface area contributed by atoms with E-state index in [0.29, 0.717) is 19.4 Å². The summed E-state index contributed by atoms with van der Waals surface area (Å²) in [5.74, 6) is -0.133. The van der Waals surface area contributed by atoms with Crippen LogP contribution in [0.4, 0.5) is 0 Å². The molecule has 3 N–H and O–H groups in total. The van der Waals surface area contributed by atoms with E-state index in [1.807, 2.05) is 13.8 Å². The van der Waals surface area contributed by atoms with Gasteiger partial charge >= 0.3 is 0 Å². The van der Waals surface area contributed by atoms with Gasteiger partial charge in [0.05, 0.1) is 11.9 Å². The molecule has 2 atom stereocenters. The Kier molecular flexibility index (Phi) is 7.44. The van der Waals surface area contributed by atoms with Crippen LogP contribution in [0.2, 0.25) is 0 Å². The highest BCUT2D eigenvalue weighted by Crippen LogP contribution is 2.20. The van der Waals surface area contributed by atoms with Crippen LogP contribution in [-0.2, 0) is 19.4 Å². The van der Waals surface area contributed by atoms with Gasteiger partial charge in [-0.1, -0.05) is 0 Å². The van der Waals surface area contributed by atoms with E-state index in [2.05, 4.69) is 5.32 Å². The molecule has 120 valence electrons. The highest BCUT2D eigenvalue weighted by Gasteiger charge is 2.32. The van der Waals surface area contributed by atoms with E-state index in [1.54, 1.807) is 0 Å². The van der Waals surface area contributed by atoms with Crippen molar-refractivity contribution in [1.29, 1.82) is 0 Å². The third-order valence-corrected chi connectivity index (χ3v) is 4.17. The molecule has 1 rings (SSSR count). The average molecular weight is 329 g/mol. The second kappa shape index (κ2) is 7.59. The minimum atomic E-state index is -3.02. The van der Waals surface area contributed by atoms with Crippen LogP contribution < -0.4 is 11.1 Å². The Morgan fingerprint density at radius 2 is 2.00 bits per heavy atom. The van der Waals surface area contributed by atoms with Gasteiger partial charge in [0.2, 0.25) is 5.91 Å². The number of nitrogens with one attached hydrogen (secondary N) is 1. The first kappa shape index (κ1) is 19.6. The highest BCUT2D eigenvalue weighted by molar-refractivity contribution is 7.90. The molecule has 1 saturated heterocycles.